The summed E-state index contributed by atoms with van der Waals surface area (Å²) in [4.78, 5) is 64.0. The number of ether oxygens (including phenoxy) is 4. The number of aliphatic hydroxyl groups excluding tert-OH is 1. The monoisotopic (exact) mass is 969 g/mol. The summed E-state index contributed by atoms with van der Waals surface area (Å²) in [6, 6.07) is 7.99. The van der Waals surface area contributed by atoms with E-state index < -0.39 is 30.6 Å². The van der Waals surface area contributed by atoms with Crippen molar-refractivity contribution in [1.29, 1.82) is 0 Å². The second-order valence-electron chi connectivity index (χ2n) is 18.2. The fourth-order valence-electron chi connectivity index (χ4n) is 7.91. The number of nitrogens with one attached hydrogen (secondary N) is 3. The zero-order valence-corrected chi connectivity index (χ0v) is 45.1. The van der Waals surface area contributed by atoms with Crippen LogP contribution in [0.15, 0.2) is 24.3 Å². The molecule has 2 fully saturated rings. The number of amides is 4. The van der Waals surface area contributed by atoms with Crippen LogP contribution in [0.5, 0.6) is 0 Å². The van der Waals surface area contributed by atoms with Gasteiger partial charge in [0.2, 0.25) is 24.6 Å². The van der Waals surface area contributed by atoms with Gasteiger partial charge in [0.1, 0.15) is 0 Å². The van der Waals surface area contributed by atoms with Gasteiger partial charge >= 0.3 is 5.97 Å². The lowest BCUT2D eigenvalue weighted by Crippen LogP contribution is -2.53. The van der Waals surface area contributed by atoms with Crippen molar-refractivity contribution in [3.8, 4) is 0 Å². The van der Waals surface area contributed by atoms with Crippen LogP contribution in [0.2, 0.25) is 0 Å². The molecule has 5 N–H and O–H groups in total. The summed E-state index contributed by atoms with van der Waals surface area (Å²) >= 11 is 0. The number of carbonyl (C=O) groups is 5. The van der Waals surface area contributed by atoms with E-state index in [1.165, 1.54) is 6.42 Å². The standard InChI is InChI=1S/C22H41N3O5.C17H24N2O6.C7H17N.C3H8.C2H6/c1-8-16(4)21(24(5)20(28)13-23-14-26)18(29-6)12-19(27)25-11-9-10-17(25)22(30-7)15(2)3;1-18-12-4-2-11(3-5-12)6-13(19-10-20)9-24-16-8-14(21)7-15(25-16)17(22)23;1-6(2)7(3)8(4)5;1-3-2;1-2/h14-18,21-22H,8-13H2,1-7H3,(H,23,26);2-5,10,13-16,18,21H,6-9H2,1H3,(H,19,20)(H,22,23);6-7H,1-5H3;3H2,1-2H3;1-2H3. The fraction of sp³-hybridized carbons (Fsp3) is 0.784. The Balaban J connectivity index is 0. The Morgan fingerprint density at radius 2 is 1.53 bits per heavy atom. The molecular weight excluding hydrogens is 873 g/mol. The van der Waals surface area contributed by atoms with E-state index in [-0.39, 0.29) is 74.4 Å². The Morgan fingerprint density at radius 3 is 1.97 bits per heavy atom. The van der Waals surface area contributed by atoms with Gasteiger partial charge in [0.05, 0.1) is 56.0 Å². The average Bonchev–Trinajstić information content (AvgIpc) is 3.80. The molecule has 10 atom stereocenters. The number of carboxylic acids is 1. The molecule has 0 bridgehead atoms. The zero-order valence-electron chi connectivity index (χ0n) is 45.1. The molecule has 3 rings (SSSR count). The maximum absolute atomic E-state index is 13.3. The molecule has 0 saturated carbocycles. The molecule has 17 heteroatoms. The molecule has 1 aromatic rings. The number of methoxy groups -OCH3 is 2. The Kier molecular flexibility index (Phi) is 37.0. The molecule has 2 heterocycles. The second kappa shape index (κ2) is 38.0. The van der Waals surface area contributed by atoms with Gasteiger partial charge in [-0.2, -0.15) is 0 Å². The predicted octanol–water partition coefficient (Wildman–Crippen LogP) is 6.06. The summed E-state index contributed by atoms with van der Waals surface area (Å²) in [5.41, 5.74) is 2.01. The van der Waals surface area contributed by atoms with Crippen LogP contribution in [0.1, 0.15) is 127 Å². The van der Waals surface area contributed by atoms with Crippen molar-refractivity contribution in [2.24, 2.45) is 17.8 Å². The van der Waals surface area contributed by atoms with Gasteiger partial charge in [0.15, 0.2) is 12.4 Å². The quantitative estimate of drug-likeness (QED) is 0.0748. The van der Waals surface area contributed by atoms with E-state index in [0.29, 0.717) is 31.2 Å². The minimum absolute atomic E-state index is 0.00137. The smallest absolute Gasteiger partial charge is 0.333 e. The molecule has 0 radical (unpaired) electrons. The van der Waals surface area contributed by atoms with E-state index in [9.17, 15) is 29.1 Å². The van der Waals surface area contributed by atoms with Crippen molar-refractivity contribution in [2.75, 3.05) is 67.4 Å². The number of anilines is 1. The van der Waals surface area contributed by atoms with Gasteiger partial charge < -0.3 is 59.8 Å². The van der Waals surface area contributed by atoms with Crippen LogP contribution in [-0.2, 0) is 49.3 Å². The van der Waals surface area contributed by atoms with E-state index in [4.69, 9.17) is 24.1 Å². The fourth-order valence-corrected chi connectivity index (χ4v) is 7.91. The van der Waals surface area contributed by atoms with Crippen LogP contribution < -0.4 is 16.0 Å². The Labute approximate surface area is 411 Å². The molecule has 396 valence electrons. The predicted molar refractivity (Wildman–Crippen MR) is 271 cm³/mol. The first-order valence-corrected chi connectivity index (χ1v) is 24.8. The van der Waals surface area contributed by atoms with Crippen LogP contribution in [-0.4, -0.2) is 172 Å². The van der Waals surface area contributed by atoms with Crippen LogP contribution >= 0.6 is 0 Å². The molecule has 0 aromatic heterocycles. The molecule has 2 aliphatic heterocycles. The topological polar surface area (TPSA) is 209 Å². The first kappa shape index (κ1) is 66.2. The lowest BCUT2D eigenvalue weighted by molar-refractivity contribution is -0.223. The summed E-state index contributed by atoms with van der Waals surface area (Å²) < 4.78 is 22.4. The molecule has 2 saturated heterocycles. The second-order valence-corrected chi connectivity index (χ2v) is 18.2. The van der Waals surface area contributed by atoms with Gasteiger partial charge in [-0.1, -0.05) is 94.2 Å². The third-order valence-corrected chi connectivity index (χ3v) is 12.2. The highest BCUT2D eigenvalue weighted by molar-refractivity contribution is 5.81. The van der Waals surface area contributed by atoms with Crippen LogP contribution in [0.3, 0.4) is 0 Å². The van der Waals surface area contributed by atoms with Gasteiger partial charge in [-0.3, -0.25) is 19.2 Å². The molecular formula is C51H96N6O11. The molecule has 0 aliphatic carbocycles. The largest absolute Gasteiger partial charge is 0.479 e. The van der Waals surface area contributed by atoms with Crippen molar-refractivity contribution in [3.05, 3.63) is 29.8 Å². The normalized spacial score (nSPS) is 20.2. The molecule has 17 nitrogen and oxygen atoms in total. The number of nitrogens with zero attached hydrogens (tertiary/aromatic N) is 3. The molecule has 1 aromatic carbocycles. The Bertz CT molecular complexity index is 1480. The highest BCUT2D eigenvalue weighted by Gasteiger charge is 2.40. The van der Waals surface area contributed by atoms with Crippen LogP contribution in [0.25, 0.3) is 0 Å². The van der Waals surface area contributed by atoms with Gasteiger partial charge in [0, 0.05) is 59.4 Å². The first-order valence-electron chi connectivity index (χ1n) is 24.8. The van der Waals surface area contributed by atoms with Crippen molar-refractivity contribution >= 4 is 36.3 Å². The lowest BCUT2D eigenvalue weighted by Gasteiger charge is -2.39. The summed E-state index contributed by atoms with van der Waals surface area (Å²) in [6.45, 7) is 24.1. The summed E-state index contributed by atoms with van der Waals surface area (Å²) in [6.07, 6.45) is 2.99. The van der Waals surface area contributed by atoms with E-state index >= 15 is 0 Å². The lowest BCUT2D eigenvalue weighted by atomic mass is 9.90. The molecule has 4 amide bonds. The number of benzene rings is 1. The molecule has 0 spiro atoms. The molecule has 2 aliphatic rings. The Hall–Kier alpha value is -3.87. The number of carboxylic acid groups (broad SMARTS) is 1. The van der Waals surface area contributed by atoms with E-state index in [1.807, 2.05) is 50.1 Å². The van der Waals surface area contributed by atoms with Gasteiger partial charge in [-0.15, -0.1) is 0 Å². The number of hydrogen-bond acceptors (Lipinski definition) is 12. The Morgan fingerprint density at radius 1 is 0.926 bits per heavy atom. The number of likely N-dealkylation sites (N-methyl/N-ethyl adjacent to an activating group) is 1. The maximum Gasteiger partial charge on any atom is 0.333 e. The van der Waals surface area contributed by atoms with Crippen molar-refractivity contribution in [2.45, 2.75) is 182 Å². The number of aliphatic carboxylic acids is 1. The van der Waals surface area contributed by atoms with Gasteiger partial charge in [-0.05, 0) is 75.7 Å². The highest BCUT2D eigenvalue weighted by Crippen LogP contribution is 2.29. The van der Waals surface area contributed by atoms with Crippen molar-refractivity contribution in [3.63, 3.8) is 0 Å². The SMILES string of the molecule is CC.CC(C)C(C)N(C)C.CCC.CCC(C)C(C(CC(=O)N1CCCC1C(OC)C(C)C)OC)N(C)C(=O)CNC=O.CNc1ccc(CC(COC2CC(O)CC(C(=O)O)O2)NC=O)cc1. The maximum atomic E-state index is 13.3. The van der Waals surface area contributed by atoms with Gasteiger partial charge in [0.25, 0.3) is 0 Å². The summed E-state index contributed by atoms with van der Waals surface area (Å²) in [5.74, 6) is -0.0878. The number of carbonyl (C=O) groups excluding carboxylic acids is 4. The summed E-state index contributed by atoms with van der Waals surface area (Å²) in [7, 11) is 11.1. The molecule has 10 unspecified atom stereocenters. The summed E-state index contributed by atoms with van der Waals surface area (Å²) in [5, 5.41) is 26.9. The van der Waals surface area contributed by atoms with Crippen molar-refractivity contribution in [1.82, 2.24) is 25.3 Å². The minimum atomic E-state index is -1.13. The number of rotatable bonds is 24. The van der Waals surface area contributed by atoms with Crippen LogP contribution in [0.4, 0.5) is 5.69 Å². The number of aliphatic hydroxyl groups is 1. The number of likely N-dealkylation sites (tertiary alicyclic amines) is 1. The number of hydrogen-bond donors (Lipinski definition) is 5. The van der Waals surface area contributed by atoms with Crippen LogP contribution in [0, 0.1) is 17.8 Å². The van der Waals surface area contributed by atoms with Gasteiger partial charge in [-0.25, -0.2) is 4.79 Å². The third-order valence-electron chi connectivity index (χ3n) is 12.2. The van der Waals surface area contributed by atoms with Crippen molar-refractivity contribution < 1.29 is 53.1 Å². The molecule has 68 heavy (non-hydrogen) atoms. The third kappa shape index (κ3) is 25.1. The van der Waals surface area contributed by atoms with E-state index in [2.05, 4.69) is 97.3 Å². The van der Waals surface area contributed by atoms with E-state index in [1.54, 1.807) is 26.2 Å². The average molecular weight is 969 g/mol. The minimum Gasteiger partial charge on any atom is -0.479 e. The van der Waals surface area contributed by atoms with E-state index in [0.717, 1.165) is 43.0 Å². The first-order chi connectivity index (χ1) is 32.2. The highest BCUT2D eigenvalue weighted by atomic mass is 16.7. The zero-order chi connectivity index (χ0) is 52.5.